The van der Waals surface area contributed by atoms with Crippen LogP contribution in [0.2, 0.25) is 0 Å². The summed E-state index contributed by atoms with van der Waals surface area (Å²) in [6.45, 7) is 0.831. The Balaban J connectivity index is 1.67. The number of aromatic amines is 2. The number of nitrogens with zero attached hydrogens (tertiary/aromatic N) is 1. The molecule has 0 radical (unpaired) electrons. The maximum atomic E-state index is 12.7. The topological polar surface area (TPSA) is 103 Å². The van der Waals surface area contributed by atoms with Crippen molar-refractivity contribution in [2.45, 2.75) is 19.0 Å². The van der Waals surface area contributed by atoms with E-state index in [4.69, 9.17) is 0 Å². The molecule has 0 spiro atoms. The van der Waals surface area contributed by atoms with Crippen molar-refractivity contribution in [3.63, 3.8) is 0 Å². The molecule has 0 saturated carbocycles. The molecular formula is C22H20N4O3. The summed E-state index contributed by atoms with van der Waals surface area (Å²) in [6, 6.07) is 16.8. The lowest BCUT2D eigenvalue weighted by Crippen LogP contribution is -2.39. The molecule has 7 heteroatoms. The number of rotatable bonds is 3. The summed E-state index contributed by atoms with van der Waals surface area (Å²) < 4.78 is 1.20. The van der Waals surface area contributed by atoms with Crippen LogP contribution in [0.15, 0.2) is 64.2 Å². The first-order valence-corrected chi connectivity index (χ1v) is 9.56. The molecule has 5 rings (SSSR count). The second-order valence-corrected chi connectivity index (χ2v) is 7.27. The van der Waals surface area contributed by atoms with Gasteiger partial charge in [-0.25, -0.2) is 4.79 Å². The van der Waals surface area contributed by atoms with Crippen molar-refractivity contribution in [2.75, 3.05) is 6.54 Å². The third kappa shape index (κ3) is 2.87. The average Bonchev–Trinajstić information content (AvgIpc) is 3.11. The van der Waals surface area contributed by atoms with E-state index in [0.717, 1.165) is 34.1 Å². The van der Waals surface area contributed by atoms with Gasteiger partial charge in [-0.15, -0.1) is 0 Å². The molecule has 2 aromatic carbocycles. The summed E-state index contributed by atoms with van der Waals surface area (Å²) in [5.41, 5.74) is 2.75. The highest BCUT2D eigenvalue weighted by molar-refractivity contribution is 5.85. The summed E-state index contributed by atoms with van der Waals surface area (Å²) in [5, 5.41) is 15.4. The van der Waals surface area contributed by atoms with E-state index in [-0.39, 0.29) is 18.0 Å². The summed E-state index contributed by atoms with van der Waals surface area (Å²) in [4.78, 5) is 30.9. The SMILES string of the molecule is O=c1[nH]c(=O)n(Cc2ccccc2)c(O)c1[C@@H]1NCCc2c1[nH]c1ccccc21. The number of aromatic nitrogens is 3. The predicted octanol–water partition coefficient (Wildman–Crippen LogP) is 2.01. The molecule has 3 heterocycles. The molecule has 0 aliphatic carbocycles. The van der Waals surface area contributed by atoms with Gasteiger partial charge in [-0.3, -0.25) is 14.3 Å². The standard InChI is InChI=1S/C22H20N4O3/c27-20-17(21(28)26(22(29)25-20)12-13-6-2-1-3-7-13)19-18-15(10-11-23-19)14-8-4-5-9-16(14)24-18/h1-9,19,23-24,28H,10-12H2,(H,25,27,29)/t19-/m0/s1. The second-order valence-electron chi connectivity index (χ2n) is 7.27. The third-order valence-corrected chi connectivity index (χ3v) is 5.54. The number of aromatic hydroxyl groups is 1. The van der Waals surface area contributed by atoms with Crippen LogP contribution in [-0.2, 0) is 13.0 Å². The van der Waals surface area contributed by atoms with Crippen molar-refractivity contribution in [2.24, 2.45) is 0 Å². The molecule has 146 valence electrons. The zero-order valence-electron chi connectivity index (χ0n) is 15.6. The Kier molecular flexibility index (Phi) is 4.10. The van der Waals surface area contributed by atoms with Crippen LogP contribution in [0, 0.1) is 0 Å². The Morgan fingerprint density at radius 2 is 1.76 bits per heavy atom. The van der Waals surface area contributed by atoms with Crippen molar-refractivity contribution in [1.29, 1.82) is 0 Å². The van der Waals surface area contributed by atoms with E-state index in [1.54, 1.807) is 0 Å². The summed E-state index contributed by atoms with van der Waals surface area (Å²) in [6.07, 6.45) is 0.818. The Hall–Kier alpha value is -3.58. The van der Waals surface area contributed by atoms with Crippen molar-refractivity contribution in [3.8, 4) is 5.88 Å². The molecular weight excluding hydrogens is 368 g/mol. The molecule has 1 aliphatic rings. The van der Waals surface area contributed by atoms with Gasteiger partial charge in [0.15, 0.2) is 0 Å². The predicted molar refractivity (Wildman–Crippen MR) is 110 cm³/mol. The van der Waals surface area contributed by atoms with Crippen LogP contribution < -0.4 is 16.6 Å². The van der Waals surface area contributed by atoms with E-state index in [9.17, 15) is 14.7 Å². The zero-order valence-corrected chi connectivity index (χ0v) is 15.6. The lowest BCUT2D eigenvalue weighted by atomic mass is 9.95. The smallest absolute Gasteiger partial charge is 0.331 e. The molecule has 1 aliphatic heterocycles. The van der Waals surface area contributed by atoms with E-state index >= 15 is 0 Å². The van der Waals surface area contributed by atoms with Gasteiger partial charge >= 0.3 is 5.69 Å². The van der Waals surface area contributed by atoms with Gasteiger partial charge in [0.25, 0.3) is 5.56 Å². The fourth-order valence-corrected chi connectivity index (χ4v) is 4.17. The molecule has 4 N–H and O–H groups in total. The first-order chi connectivity index (χ1) is 14.1. The number of hydrogen-bond donors (Lipinski definition) is 4. The highest BCUT2D eigenvalue weighted by Gasteiger charge is 2.30. The molecule has 0 bridgehead atoms. The number of hydrogen-bond acceptors (Lipinski definition) is 4. The number of fused-ring (bicyclic) bond motifs is 3. The minimum Gasteiger partial charge on any atom is -0.494 e. The van der Waals surface area contributed by atoms with Gasteiger partial charge in [-0.2, -0.15) is 0 Å². The molecule has 7 nitrogen and oxygen atoms in total. The molecule has 0 unspecified atom stereocenters. The molecule has 29 heavy (non-hydrogen) atoms. The Morgan fingerprint density at radius 3 is 2.59 bits per heavy atom. The van der Waals surface area contributed by atoms with Crippen molar-refractivity contribution >= 4 is 10.9 Å². The lowest BCUT2D eigenvalue weighted by Gasteiger charge is -2.25. The lowest BCUT2D eigenvalue weighted by molar-refractivity contribution is 0.390. The number of benzene rings is 2. The highest BCUT2D eigenvalue weighted by atomic mass is 16.3. The van der Waals surface area contributed by atoms with E-state index in [1.165, 1.54) is 4.57 Å². The average molecular weight is 388 g/mol. The van der Waals surface area contributed by atoms with Gasteiger partial charge in [0, 0.05) is 23.1 Å². The fourth-order valence-electron chi connectivity index (χ4n) is 4.17. The molecule has 0 fully saturated rings. The fraction of sp³-hybridized carbons (Fsp3) is 0.182. The maximum absolute atomic E-state index is 12.7. The number of nitrogens with one attached hydrogen (secondary N) is 3. The van der Waals surface area contributed by atoms with Crippen molar-refractivity contribution in [3.05, 3.63) is 97.8 Å². The molecule has 0 amide bonds. The van der Waals surface area contributed by atoms with E-state index in [0.29, 0.717) is 6.54 Å². The number of para-hydroxylation sites is 1. The van der Waals surface area contributed by atoms with Crippen LogP contribution in [0.4, 0.5) is 0 Å². The normalized spacial score (nSPS) is 16.1. The van der Waals surface area contributed by atoms with Gasteiger partial charge in [-0.1, -0.05) is 48.5 Å². The number of H-pyrrole nitrogens is 2. The monoisotopic (exact) mass is 388 g/mol. The first-order valence-electron chi connectivity index (χ1n) is 9.56. The Morgan fingerprint density at radius 1 is 1.00 bits per heavy atom. The molecule has 1 atom stereocenters. The van der Waals surface area contributed by atoms with E-state index in [1.807, 2.05) is 54.6 Å². The Labute approximate surface area is 165 Å². The van der Waals surface area contributed by atoms with Crippen LogP contribution in [0.3, 0.4) is 0 Å². The van der Waals surface area contributed by atoms with Gasteiger partial charge in [0.05, 0.1) is 12.6 Å². The summed E-state index contributed by atoms with van der Waals surface area (Å²) in [5.74, 6) is -0.313. The van der Waals surface area contributed by atoms with E-state index < -0.39 is 17.3 Å². The van der Waals surface area contributed by atoms with Gasteiger partial charge in [-0.05, 0) is 23.6 Å². The molecule has 2 aromatic heterocycles. The largest absolute Gasteiger partial charge is 0.494 e. The van der Waals surface area contributed by atoms with Gasteiger partial charge < -0.3 is 15.4 Å². The maximum Gasteiger partial charge on any atom is 0.331 e. The first kappa shape index (κ1) is 17.5. The molecule has 0 saturated heterocycles. The zero-order chi connectivity index (χ0) is 20.0. The summed E-state index contributed by atoms with van der Waals surface area (Å²) >= 11 is 0. The quantitative estimate of drug-likeness (QED) is 0.431. The van der Waals surface area contributed by atoms with E-state index in [2.05, 4.69) is 15.3 Å². The van der Waals surface area contributed by atoms with Crippen LogP contribution in [0.25, 0.3) is 10.9 Å². The van der Waals surface area contributed by atoms with Crippen LogP contribution in [-0.4, -0.2) is 26.2 Å². The van der Waals surface area contributed by atoms with Crippen LogP contribution in [0.1, 0.15) is 28.4 Å². The Bertz CT molecular complexity index is 1320. The van der Waals surface area contributed by atoms with Crippen molar-refractivity contribution < 1.29 is 5.11 Å². The van der Waals surface area contributed by atoms with Crippen LogP contribution >= 0.6 is 0 Å². The minimum atomic E-state index is -0.632. The van der Waals surface area contributed by atoms with Gasteiger partial charge in [0.1, 0.15) is 5.56 Å². The van der Waals surface area contributed by atoms with Crippen LogP contribution in [0.5, 0.6) is 5.88 Å². The van der Waals surface area contributed by atoms with Crippen molar-refractivity contribution in [1.82, 2.24) is 19.9 Å². The minimum absolute atomic E-state index is 0.146. The highest BCUT2D eigenvalue weighted by Crippen LogP contribution is 2.34. The van der Waals surface area contributed by atoms with Gasteiger partial charge in [0.2, 0.25) is 5.88 Å². The summed E-state index contributed by atoms with van der Waals surface area (Å²) in [7, 11) is 0. The third-order valence-electron chi connectivity index (χ3n) is 5.54. The molecule has 4 aromatic rings. The second kappa shape index (κ2) is 6.79.